The number of anilines is 1. The summed E-state index contributed by atoms with van der Waals surface area (Å²) in [5.41, 5.74) is 17.2. The van der Waals surface area contributed by atoms with Crippen molar-refractivity contribution >= 4 is 17.6 Å². The fraction of sp³-hybridized carbons (Fsp3) is 0.406. The van der Waals surface area contributed by atoms with E-state index >= 15 is 0 Å². The molecule has 0 atom stereocenters. The minimum Gasteiger partial charge on any atom is -0.508 e. The van der Waals surface area contributed by atoms with Crippen LogP contribution in [0.3, 0.4) is 0 Å². The van der Waals surface area contributed by atoms with Gasteiger partial charge < -0.3 is 10.8 Å². The summed E-state index contributed by atoms with van der Waals surface area (Å²) in [7, 11) is 0. The predicted octanol–water partition coefficient (Wildman–Crippen LogP) is 8.81. The first kappa shape index (κ1) is 26.5. The molecule has 3 heteroatoms. The zero-order valence-corrected chi connectivity index (χ0v) is 22.7. The highest BCUT2D eigenvalue weighted by Gasteiger charge is 2.18. The Morgan fingerprint density at radius 3 is 1.49 bits per heavy atom. The maximum Gasteiger partial charge on any atom is 0.115 e. The van der Waals surface area contributed by atoms with Crippen molar-refractivity contribution < 1.29 is 5.11 Å². The first-order valence-corrected chi connectivity index (χ1v) is 12.9. The molecule has 3 aromatic carbocycles. The van der Waals surface area contributed by atoms with E-state index in [1.807, 2.05) is 18.3 Å². The van der Waals surface area contributed by atoms with Gasteiger partial charge in [0.15, 0.2) is 0 Å². The van der Waals surface area contributed by atoms with Crippen LogP contribution >= 0.6 is 0 Å². The maximum atomic E-state index is 9.59. The van der Waals surface area contributed by atoms with Crippen LogP contribution in [0.1, 0.15) is 118 Å². The van der Waals surface area contributed by atoms with Crippen LogP contribution in [0, 0.1) is 0 Å². The molecule has 186 valence electrons. The van der Waals surface area contributed by atoms with Gasteiger partial charge in [-0.15, -0.1) is 0 Å². The summed E-state index contributed by atoms with van der Waals surface area (Å²) in [5.74, 6) is 1.75. The SMILES string of the molecule is CC(C)c1cc(Cc2cc(C(C)C)c(N=Cc3ccc(O)cc3)c(C(C)C)c2)cc(C(C)C)c1N. The Morgan fingerprint density at radius 2 is 1.09 bits per heavy atom. The lowest BCUT2D eigenvalue weighted by atomic mass is 9.86. The lowest BCUT2D eigenvalue weighted by molar-refractivity contribution is 0.475. The number of nitrogens with two attached hydrogens (primary N) is 1. The molecule has 0 fully saturated rings. The summed E-state index contributed by atoms with van der Waals surface area (Å²) in [6.45, 7) is 17.8. The summed E-state index contributed by atoms with van der Waals surface area (Å²) in [6.07, 6.45) is 2.77. The van der Waals surface area contributed by atoms with Crippen molar-refractivity contribution in [3.8, 4) is 5.75 Å². The Labute approximate surface area is 212 Å². The third-order valence-electron chi connectivity index (χ3n) is 6.66. The highest BCUT2D eigenvalue weighted by molar-refractivity contribution is 5.83. The molecule has 0 unspecified atom stereocenters. The molecule has 0 radical (unpaired) electrons. The highest BCUT2D eigenvalue weighted by Crippen LogP contribution is 2.38. The number of hydrogen-bond acceptors (Lipinski definition) is 3. The summed E-state index contributed by atoms with van der Waals surface area (Å²) in [4.78, 5) is 4.96. The summed E-state index contributed by atoms with van der Waals surface area (Å²) < 4.78 is 0. The third-order valence-corrected chi connectivity index (χ3v) is 6.66. The summed E-state index contributed by atoms with van der Waals surface area (Å²) >= 11 is 0. The number of aromatic hydroxyl groups is 1. The molecule has 0 aliphatic carbocycles. The molecule has 3 nitrogen and oxygen atoms in total. The number of nitrogen functional groups attached to an aromatic ring is 1. The van der Waals surface area contributed by atoms with Gasteiger partial charge in [0.25, 0.3) is 0 Å². The van der Waals surface area contributed by atoms with Gasteiger partial charge in [0, 0.05) is 11.9 Å². The van der Waals surface area contributed by atoms with Gasteiger partial charge in [-0.3, -0.25) is 4.99 Å². The van der Waals surface area contributed by atoms with Gasteiger partial charge in [-0.2, -0.15) is 0 Å². The Bertz CT molecular complexity index is 1130. The second kappa shape index (κ2) is 11.1. The topological polar surface area (TPSA) is 58.6 Å². The van der Waals surface area contributed by atoms with E-state index in [1.165, 1.54) is 33.4 Å². The minimum absolute atomic E-state index is 0.265. The van der Waals surface area contributed by atoms with E-state index < -0.39 is 0 Å². The van der Waals surface area contributed by atoms with Crippen molar-refractivity contribution in [2.45, 2.75) is 85.5 Å². The van der Waals surface area contributed by atoms with Crippen molar-refractivity contribution in [1.29, 1.82) is 0 Å². The van der Waals surface area contributed by atoms with Crippen molar-refractivity contribution in [3.05, 3.63) is 87.5 Å². The van der Waals surface area contributed by atoms with Crippen LogP contribution in [-0.4, -0.2) is 11.3 Å². The molecule has 0 saturated heterocycles. The number of phenolic OH excluding ortho intramolecular Hbond substituents is 1. The van der Waals surface area contributed by atoms with Gasteiger partial charge in [0.1, 0.15) is 5.75 Å². The van der Waals surface area contributed by atoms with Crippen LogP contribution in [0.2, 0.25) is 0 Å². The average Bonchev–Trinajstić information content (AvgIpc) is 2.79. The standard InChI is InChI=1S/C32H42N2O/c1-19(2)27-14-24(15-28(20(3)4)31(27)33)13-25-16-29(21(5)6)32(30(17-25)22(7)8)34-18-23-9-11-26(35)12-10-23/h9-12,14-22,35H,13,33H2,1-8H3. The largest absolute Gasteiger partial charge is 0.508 e. The van der Waals surface area contributed by atoms with E-state index in [9.17, 15) is 5.11 Å². The molecule has 0 amide bonds. The molecule has 0 aliphatic heterocycles. The van der Waals surface area contributed by atoms with E-state index in [0.717, 1.165) is 23.4 Å². The second-order valence-electron chi connectivity index (χ2n) is 11.0. The van der Waals surface area contributed by atoms with Crippen molar-refractivity contribution in [2.24, 2.45) is 4.99 Å². The normalized spacial score (nSPS) is 12.1. The zero-order valence-electron chi connectivity index (χ0n) is 22.7. The highest BCUT2D eigenvalue weighted by atomic mass is 16.3. The molecule has 0 bridgehead atoms. The summed E-state index contributed by atoms with van der Waals surface area (Å²) in [5, 5.41) is 9.59. The fourth-order valence-electron chi connectivity index (χ4n) is 4.63. The molecular formula is C32H42N2O. The van der Waals surface area contributed by atoms with E-state index in [4.69, 9.17) is 10.7 Å². The molecule has 0 saturated carbocycles. The van der Waals surface area contributed by atoms with E-state index in [1.54, 1.807) is 12.1 Å². The number of aliphatic imine (C=N–C) groups is 1. The van der Waals surface area contributed by atoms with Gasteiger partial charge in [0.2, 0.25) is 0 Å². The van der Waals surface area contributed by atoms with Gasteiger partial charge in [-0.1, -0.05) is 79.7 Å². The Kier molecular flexibility index (Phi) is 8.43. The van der Waals surface area contributed by atoms with Crippen LogP contribution in [-0.2, 0) is 6.42 Å². The van der Waals surface area contributed by atoms with Gasteiger partial charge >= 0.3 is 0 Å². The molecule has 0 heterocycles. The average molecular weight is 471 g/mol. The van der Waals surface area contributed by atoms with Crippen LogP contribution in [0.5, 0.6) is 5.75 Å². The lowest BCUT2D eigenvalue weighted by Crippen LogP contribution is -2.06. The van der Waals surface area contributed by atoms with Gasteiger partial charge in [-0.25, -0.2) is 0 Å². The Balaban J connectivity index is 2.09. The monoisotopic (exact) mass is 470 g/mol. The van der Waals surface area contributed by atoms with Gasteiger partial charge in [-0.05, 0) is 93.3 Å². The number of phenols is 1. The Hall–Kier alpha value is -3.07. The molecule has 0 spiro atoms. The van der Waals surface area contributed by atoms with Crippen molar-refractivity contribution in [2.75, 3.05) is 5.73 Å². The van der Waals surface area contributed by atoms with E-state index in [2.05, 4.69) is 79.7 Å². The molecule has 0 aliphatic rings. The number of rotatable bonds is 8. The lowest BCUT2D eigenvalue weighted by Gasteiger charge is -2.21. The van der Waals surface area contributed by atoms with Crippen molar-refractivity contribution in [3.63, 3.8) is 0 Å². The smallest absolute Gasteiger partial charge is 0.115 e. The number of hydrogen-bond donors (Lipinski definition) is 2. The molecule has 3 rings (SSSR count). The second-order valence-corrected chi connectivity index (χ2v) is 11.0. The van der Waals surface area contributed by atoms with Crippen LogP contribution in [0.15, 0.2) is 53.5 Å². The molecule has 35 heavy (non-hydrogen) atoms. The first-order valence-electron chi connectivity index (χ1n) is 12.9. The Morgan fingerprint density at radius 1 is 0.686 bits per heavy atom. The molecule has 3 N–H and O–H groups in total. The maximum absolute atomic E-state index is 9.59. The van der Waals surface area contributed by atoms with Crippen molar-refractivity contribution in [1.82, 2.24) is 0 Å². The molecule has 0 aromatic heterocycles. The zero-order chi connectivity index (χ0) is 25.9. The minimum atomic E-state index is 0.265. The molecular weight excluding hydrogens is 428 g/mol. The number of nitrogens with zero attached hydrogens (tertiary/aromatic N) is 1. The fourth-order valence-corrected chi connectivity index (χ4v) is 4.63. The van der Waals surface area contributed by atoms with Crippen LogP contribution in [0.25, 0.3) is 0 Å². The predicted molar refractivity (Wildman–Crippen MR) is 152 cm³/mol. The quantitative estimate of drug-likeness (QED) is 0.255. The third kappa shape index (κ3) is 6.33. The van der Waals surface area contributed by atoms with E-state index in [-0.39, 0.29) is 5.75 Å². The first-order chi connectivity index (χ1) is 16.5. The van der Waals surface area contributed by atoms with Crippen LogP contribution < -0.4 is 5.73 Å². The van der Waals surface area contributed by atoms with Gasteiger partial charge in [0.05, 0.1) is 5.69 Å². The van der Waals surface area contributed by atoms with Crippen LogP contribution in [0.4, 0.5) is 11.4 Å². The summed E-state index contributed by atoms with van der Waals surface area (Å²) in [6, 6.07) is 16.4. The van der Waals surface area contributed by atoms with E-state index in [0.29, 0.717) is 23.7 Å². The number of benzene rings is 3. The molecule has 3 aromatic rings.